The van der Waals surface area contributed by atoms with Gasteiger partial charge in [-0.15, -0.1) is 11.3 Å². The Kier molecular flexibility index (Phi) is 7.07. The van der Waals surface area contributed by atoms with Crippen LogP contribution < -0.4 is 16.4 Å². The first kappa shape index (κ1) is 25.0. The third kappa shape index (κ3) is 5.08. The lowest BCUT2D eigenvalue weighted by atomic mass is 9.99. The van der Waals surface area contributed by atoms with Gasteiger partial charge in [-0.05, 0) is 49.1 Å². The molecular weight excluding hydrogens is 490 g/mol. The molecular formula is C31H27N5OS. The van der Waals surface area contributed by atoms with Crippen LogP contribution in [0.15, 0.2) is 78.9 Å². The van der Waals surface area contributed by atoms with E-state index in [-0.39, 0.29) is 11.7 Å². The van der Waals surface area contributed by atoms with E-state index in [1.807, 2.05) is 92.7 Å². The van der Waals surface area contributed by atoms with Crippen molar-refractivity contribution in [2.24, 2.45) is 0 Å². The third-order valence-electron chi connectivity index (χ3n) is 6.35. The number of anilines is 3. The van der Waals surface area contributed by atoms with Gasteiger partial charge in [0.2, 0.25) is 0 Å². The molecule has 0 aliphatic heterocycles. The fourth-order valence-corrected chi connectivity index (χ4v) is 5.66. The molecule has 6 nitrogen and oxygen atoms in total. The van der Waals surface area contributed by atoms with Crippen molar-refractivity contribution in [2.45, 2.75) is 20.3 Å². The Balaban J connectivity index is 1.63. The highest BCUT2D eigenvalue weighted by molar-refractivity contribution is 7.24. The van der Waals surface area contributed by atoms with Gasteiger partial charge in [0.15, 0.2) is 0 Å². The molecule has 0 spiro atoms. The van der Waals surface area contributed by atoms with E-state index in [9.17, 15) is 10.1 Å². The number of benzene rings is 3. The van der Waals surface area contributed by atoms with Gasteiger partial charge in [0.05, 0.1) is 10.2 Å². The van der Waals surface area contributed by atoms with Crippen LogP contribution in [-0.4, -0.2) is 17.4 Å². The predicted octanol–water partition coefficient (Wildman–Crippen LogP) is 6.75. The number of nitriles is 1. The molecule has 0 radical (unpaired) electrons. The Bertz CT molecular complexity index is 1670. The quantitative estimate of drug-likeness (QED) is 0.222. The van der Waals surface area contributed by atoms with E-state index in [4.69, 9.17) is 5.73 Å². The van der Waals surface area contributed by atoms with Crippen molar-refractivity contribution in [3.05, 3.63) is 107 Å². The van der Waals surface area contributed by atoms with Crippen LogP contribution in [0.4, 0.5) is 16.5 Å². The minimum absolute atomic E-state index is 0.105. The SMILES string of the molecule is Cc1ccc(-c2c(C#N)c(N)nc3c(C(=O)NCCc4ccccc4)c(Nc4cccc(C)c4)sc23)cc1. The number of hydrogen-bond acceptors (Lipinski definition) is 6. The van der Waals surface area contributed by atoms with Crippen LogP contribution >= 0.6 is 11.3 Å². The van der Waals surface area contributed by atoms with Crippen molar-refractivity contribution >= 4 is 44.0 Å². The minimum atomic E-state index is -0.242. The number of fused-ring (bicyclic) bond motifs is 1. The number of amides is 1. The lowest BCUT2D eigenvalue weighted by Crippen LogP contribution is -2.26. The molecule has 0 fully saturated rings. The van der Waals surface area contributed by atoms with Gasteiger partial charge >= 0.3 is 0 Å². The van der Waals surface area contributed by atoms with Crippen LogP contribution in [0.25, 0.3) is 21.3 Å². The smallest absolute Gasteiger partial charge is 0.256 e. The van der Waals surface area contributed by atoms with Crippen molar-refractivity contribution < 1.29 is 4.79 Å². The molecule has 0 saturated heterocycles. The number of nitrogens with one attached hydrogen (secondary N) is 2. The number of hydrogen-bond donors (Lipinski definition) is 3. The summed E-state index contributed by atoms with van der Waals surface area (Å²) < 4.78 is 0.739. The maximum atomic E-state index is 13.7. The number of aryl methyl sites for hydroxylation is 2. The van der Waals surface area contributed by atoms with E-state index < -0.39 is 0 Å². The van der Waals surface area contributed by atoms with Gasteiger partial charge in [-0.25, -0.2) is 4.98 Å². The molecule has 0 atom stereocenters. The molecule has 4 N–H and O–H groups in total. The fourth-order valence-electron chi connectivity index (χ4n) is 4.43. The molecule has 3 aromatic carbocycles. The number of carbonyl (C=O) groups excluding carboxylic acids is 1. The topological polar surface area (TPSA) is 104 Å². The molecule has 0 aliphatic rings. The Morgan fingerprint density at radius 2 is 1.76 bits per heavy atom. The summed E-state index contributed by atoms with van der Waals surface area (Å²) in [4.78, 5) is 18.2. The van der Waals surface area contributed by atoms with Crippen LogP contribution in [0, 0.1) is 25.2 Å². The number of nitrogen functional groups attached to an aromatic ring is 1. The molecule has 188 valence electrons. The summed E-state index contributed by atoms with van der Waals surface area (Å²) >= 11 is 1.41. The molecule has 38 heavy (non-hydrogen) atoms. The molecule has 0 unspecified atom stereocenters. The zero-order chi connectivity index (χ0) is 26.6. The molecule has 5 rings (SSSR count). The van der Waals surface area contributed by atoms with Crippen LogP contribution in [0.3, 0.4) is 0 Å². The molecule has 1 amide bonds. The summed E-state index contributed by atoms with van der Waals surface area (Å²) in [6.45, 7) is 4.50. The number of carbonyl (C=O) groups is 1. The number of aromatic nitrogens is 1. The zero-order valence-corrected chi connectivity index (χ0v) is 22.0. The van der Waals surface area contributed by atoms with Gasteiger partial charge in [-0.3, -0.25) is 4.79 Å². The van der Waals surface area contributed by atoms with E-state index in [0.29, 0.717) is 40.2 Å². The molecule has 2 heterocycles. The number of thiophene rings is 1. The van der Waals surface area contributed by atoms with Crippen LogP contribution in [0.1, 0.15) is 32.6 Å². The van der Waals surface area contributed by atoms with Crippen LogP contribution in [-0.2, 0) is 6.42 Å². The summed E-state index contributed by atoms with van der Waals surface area (Å²) in [5, 5.41) is 17.1. The first-order valence-corrected chi connectivity index (χ1v) is 13.1. The van der Waals surface area contributed by atoms with Crippen molar-refractivity contribution in [1.82, 2.24) is 10.3 Å². The first-order valence-electron chi connectivity index (χ1n) is 12.3. The monoisotopic (exact) mass is 517 g/mol. The Morgan fingerprint density at radius 3 is 2.47 bits per heavy atom. The Labute approximate surface area is 225 Å². The Hall–Kier alpha value is -4.67. The normalized spacial score (nSPS) is 10.8. The van der Waals surface area contributed by atoms with Crippen LogP contribution in [0.2, 0.25) is 0 Å². The molecule has 2 aromatic heterocycles. The summed E-state index contributed by atoms with van der Waals surface area (Å²) in [5.41, 5.74) is 13.3. The fraction of sp³-hybridized carbons (Fsp3) is 0.129. The number of nitrogens with zero attached hydrogens (tertiary/aromatic N) is 2. The lowest BCUT2D eigenvalue weighted by Gasteiger charge is -2.10. The molecule has 0 bridgehead atoms. The third-order valence-corrected chi connectivity index (χ3v) is 7.46. The van der Waals surface area contributed by atoms with Gasteiger partial charge in [-0.1, -0.05) is 72.3 Å². The second kappa shape index (κ2) is 10.8. The lowest BCUT2D eigenvalue weighted by molar-refractivity contribution is 0.0957. The van der Waals surface area contributed by atoms with E-state index in [0.717, 1.165) is 32.6 Å². The van der Waals surface area contributed by atoms with E-state index in [2.05, 4.69) is 21.7 Å². The molecule has 7 heteroatoms. The number of rotatable bonds is 7. The highest BCUT2D eigenvalue weighted by Crippen LogP contribution is 2.44. The van der Waals surface area contributed by atoms with E-state index >= 15 is 0 Å². The van der Waals surface area contributed by atoms with Crippen molar-refractivity contribution in [3.8, 4) is 17.2 Å². The molecule has 0 aliphatic carbocycles. The zero-order valence-electron chi connectivity index (χ0n) is 21.2. The molecule has 0 saturated carbocycles. The van der Waals surface area contributed by atoms with E-state index in [1.54, 1.807) is 0 Å². The van der Waals surface area contributed by atoms with Gasteiger partial charge in [0.1, 0.15) is 28.0 Å². The highest BCUT2D eigenvalue weighted by atomic mass is 32.1. The van der Waals surface area contributed by atoms with Crippen molar-refractivity contribution in [3.63, 3.8) is 0 Å². The van der Waals surface area contributed by atoms with Gasteiger partial charge in [0, 0.05) is 17.8 Å². The predicted molar refractivity (Wildman–Crippen MR) is 156 cm³/mol. The van der Waals surface area contributed by atoms with E-state index in [1.165, 1.54) is 11.3 Å². The maximum Gasteiger partial charge on any atom is 0.256 e. The standard InChI is InChI=1S/C31H27N5OS/c1-19-11-13-22(14-12-19)25-24(18-32)29(33)36-27-26(30(37)34-16-15-21-8-4-3-5-9-21)31(38-28(25)27)35-23-10-6-7-20(2)17-23/h3-14,17,35H,15-16H2,1-2H3,(H2,33,36)(H,34,37). The molecule has 5 aromatic rings. The minimum Gasteiger partial charge on any atom is -0.383 e. The Morgan fingerprint density at radius 1 is 1.00 bits per heavy atom. The van der Waals surface area contributed by atoms with Gasteiger partial charge in [-0.2, -0.15) is 5.26 Å². The second-order valence-electron chi connectivity index (χ2n) is 9.19. The van der Waals surface area contributed by atoms with Crippen molar-refractivity contribution in [1.29, 1.82) is 5.26 Å². The summed E-state index contributed by atoms with van der Waals surface area (Å²) in [5.74, 6) is -0.136. The van der Waals surface area contributed by atoms with Gasteiger partial charge in [0.25, 0.3) is 5.91 Å². The summed E-state index contributed by atoms with van der Waals surface area (Å²) in [6.07, 6.45) is 0.706. The average Bonchev–Trinajstić information content (AvgIpc) is 3.26. The highest BCUT2D eigenvalue weighted by Gasteiger charge is 2.26. The second-order valence-corrected chi connectivity index (χ2v) is 10.2. The summed E-state index contributed by atoms with van der Waals surface area (Å²) in [7, 11) is 0. The van der Waals surface area contributed by atoms with Gasteiger partial charge < -0.3 is 16.4 Å². The van der Waals surface area contributed by atoms with Crippen molar-refractivity contribution in [2.75, 3.05) is 17.6 Å². The van der Waals surface area contributed by atoms with Crippen LogP contribution in [0.5, 0.6) is 0 Å². The average molecular weight is 518 g/mol. The summed E-state index contributed by atoms with van der Waals surface area (Å²) in [6, 6.07) is 28.1. The first-order chi connectivity index (χ1) is 18.4. The maximum absolute atomic E-state index is 13.7. The largest absolute Gasteiger partial charge is 0.383 e. The number of pyridine rings is 1. The number of nitrogens with two attached hydrogens (primary N) is 1.